The molecule has 0 saturated heterocycles. The molecular weight excluding hydrogens is 440 g/mol. The van der Waals surface area contributed by atoms with E-state index in [0.29, 0.717) is 30.0 Å². The van der Waals surface area contributed by atoms with Crippen molar-refractivity contribution >= 4 is 5.91 Å². The fourth-order valence-corrected chi connectivity index (χ4v) is 4.93. The number of hydrogen-bond donors (Lipinski definition) is 5. The summed E-state index contributed by atoms with van der Waals surface area (Å²) in [6.07, 6.45) is 8.03. The number of nitrogens with one attached hydrogen (secondary N) is 2. The van der Waals surface area contributed by atoms with Crippen LogP contribution in [-0.4, -0.2) is 39.9 Å². The van der Waals surface area contributed by atoms with Crippen molar-refractivity contribution in [2.45, 2.75) is 83.5 Å². The van der Waals surface area contributed by atoms with Gasteiger partial charge in [-0.2, -0.15) is 0 Å². The zero-order chi connectivity index (χ0) is 25.3. The van der Waals surface area contributed by atoms with Gasteiger partial charge in [0.05, 0.1) is 19.1 Å². The van der Waals surface area contributed by atoms with Gasteiger partial charge in [-0.25, -0.2) is 0 Å². The summed E-state index contributed by atoms with van der Waals surface area (Å²) in [6, 6.07) is 13.0. The molecule has 5 N–H and O–H groups in total. The molecule has 1 aliphatic carbocycles. The number of amides is 1. The second-order valence-corrected chi connectivity index (χ2v) is 10.7. The first-order chi connectivity index (χ1) is 16.8. The Hall–Kier alpha value is -2.41. The van der Waals surface area contributed by atoms with Crippen molar-refractivity contribution in [1.82, 2.24) is 10.6 Å². The number of aliphatic hydroxyl groups excluding tert-OH is 2. The zero-order valence-corrected chi connectivity index (χ0v) is 21.2. The number of hydrogen-bond acceptors (Lipinski definition) is 5. The van der Waals surface area contributed by atoms with E-state index in [1.807, 2.05) is 12.1 Å². The van der Waals surface area contributed by atoms with Gasteiger partial charge in [-0.3, -0.25) is 4.79 Å². The van der Waals surface area contributed by atoms with E-state index in [2.05, 4.69) is 36.6 Å². The summed E-state index contributed by atoms with van der Waals surface area (Å²) in [5.74, 6) is 0.726. The summed E-state index contributed by atoms with van der Waals surface area (Å²) in [5, 5.41) is 36.2. The number of phenols is 1. The van der Waals surface area contributed by atoms with Crippen molar-refractivity contribution in [3.05, 3.63) is 64.7 Å². The molecule has 1 aliphatic rings. The molecule has 1 amide bonds. The van der Waals surface area contributed by atoms with Crippen LogP contribution in [0.3, 0.4) is 0 Å². The van der Waals surface area contributed by atoms with E-state index in [1.54, 1.807) is 12.1 Å². The second-order valence-electron chi connectivity index (χ2n) is 10.7. The van der Waals surface area contributed by atoms with Crippen LogP contribution in [0.25, 0.3) is 0 Å². The molecule has 0 radical (unpaired) electrons. The Morgan fingerprint density at radius 1 is 1.06 bits per heavy atom. The molecule has 0 spiro atoms. The molecule has 1 atom stereocenters. The summed E-state index contributed by atoms with van der Waals surface area (Å²) < 4.78 is 0. The molecule has 3 rings (SSSR count). The Kier molecular flexibility index (Phi) is 10.1. The number of benzene rings is 2. The monoisotopic (exact) mass is 482 g/mol. The van der Waals surface area contributed by atoms with Crippen LogP contribution < -0.4 is 10.6 Å². The minimum atomic E-state index is -0.760. The normalized spacial score (nSPS) is 16.0. The highest BCUT2D eigenvalue weighted by molar-refractivity contribution is 5.78. The van der Waals surface area contributed by atoms with E-state index in [-0.39, 0.29) is 23.8 Å². The number of carbonyl (C=O) groups is 1. The standard InChI is InChI=1S/C29H42N2O4/c1-29(2,31-19-27(34)24-12-13-26(33)25(16-24)20-32)17-23-11-7-10-22(14-23)15-28(35)30-18-21-8-5-3-4-6-9-21/h7,10-14,16,21,27,31-34H,3-6,8-9,15,17-20H2,1-2H3,(H,30,35)/t27-/m1/s1. The highest BCUT2D eigenvalue weighted by Gasteiger charge is 2.21. The fraction of sp³-hybridized carbons (Fsp3) is 0.552. The number of rotatable bonds is 11. The number of aromatic hydroxyl groups is 1. The third-order valence-electron chi connectivity index (χ3n) is 7.00. The summed E-state index contributed by atoms with van der Waals surface area (Å²) in [7, 11) is 0. The van der Waals surface area contributed by atoms with Crippen LogP contribution in [0, 0.1) is 5.92 Å². The lowest BCUT2D eigenvalue weighted by atomic mass is 9.93. The highest BCUT2D eigenvalue weighted by atomic mass is 16.3. The van der Waals surface area contributed by atoms with E-state index in [4.69, 9.17) is 0 Å². The minimum Gasteiger partial charge on any atom is -0.508 e. The number of aliphatic hydroxyl groups is 2. The largest absolute Gasteiger partial charge is 0.508 e. The second kappa shape index (κ2) is 13.1. The highest BCUT2D eigenvalue weighted by Crippen LogP contribution is 2.24. The van der Waals surface area contributed by atoms with Crippen molar-refractivity contribution in [2.75, 3.05) is 13.1 Å². The predicted octanol–water partition coefficient (Wildman–Crippen LogP) is 4.16. The molecule has 0 heterocycles. The smallest absolute Gasteiger partial charge is 0.224 e. The van der Waals surface area contributed by atoms with Crippen LogP contribution in [0.15, 0.2) is 42.5 Å². The van der Waals surface area contributed by atoms with E-state index in [0.717, 1.165) is 24.1 Å². The van der Waals surface area contributed by atoms with Gasteiger partial charge in [-0.05, 0) is 67.9 Å². The fourth-order valence-electron chi connectivity index (χ4n) is 4.93. The molecule has 6 nitrogen and oxygen atoms in total. The average Bonchev–Trinajstić information content (AvgIpc) is 3.10. The third-order valence-corrected chi connectivity index (χ3v) is 7.00. The van der Waals surface area contributed by atoms with Gasteiger partial charge in [0.15, 0.2) is 0 Å². The minimum absolute atomic E-state index is 0.0229. The molecule has 2 aromatic carbocycles. The van der Waals surface area contributed by atoms with Gasteiger partial charge in [0, 0.05) is 24.2 Å². The molecule has 1 saturated carbocycles. The van der Waals surface area contributed by atoms with Crippen molar-refractivity contribution < 1.29 is 20.1 Å². The third kappa shape index (κ3) is 8.95. The maximum Gasteiger partial charge on any atom is 0.224 e. The molecule has 0 aromatic heterocycles. The molecule has 192 valence electrons. The van der Waals surface area contributed by atoms with Crippen molar-refractivity contribution in [3.63, 3.8) is 0 Å². The summed E-state index contributed by atoms with van der Waals surface area (Å²) in [6.45, 7) is 5.02. The molecule has 0 aliphatic heterocycles. The Balaban J connectivity index is 1.49. The topological polar surface area (TPSA) is 102 Å². The van der Waals surface area contributed by atoms with Gasteiger partial charge in [-0.15, -0.1) is 0 Å². The van der Waals surface area contributed by atoms with E-state index < -0.39 is 6.10 Å². The zero-order valence-electron chi connectivity index (χ0n) is 21.2. The van der Waals surface area contributed by atoms with E-state index in [1.165, 1.54) is 44.6 Å². The van der Waals surface area contributed by atoms with E-state index >= 15 is 0 Å². The molecule has 0 bridgehead atoms. The van der Waals surface area contributed by atoms with Gasteiger partial charge < -0.3 is 26.0 Å². The van der Waals surface area contributed by atoms with Crippen LogP contribution >= 0.6 is 0 Å². The Labute approximate surface area is 209 Å². The molecule has 6 heteroatoms. The van der Waals surface area contributed by atoms with E-state index in [9.17, 15) is 20.1 Å². The Bertz CT molecular complexity index is 951. The Morgan fingerprint density at radius 3 is 2.49 bits per heavy atom. The molecule has 2 aromatic rings. The van der Waals surface area contributed by atoms with Gasteiger partial charge >= 0.3 is 0 Å². The van der Waals surface area contributed by atoms with Crippen LogP contribution in [0.2, 0.25) is 0 Å². The molecule has 1 fully saturated rings. The first-order valence-corrected chi connectivity index (χ1v) is 13.0. The maximum absolute atomic E-state index is 12.5. The van der Waals surface area contributed by atoms with Crippen LogP contribution in [-0.2, 0) is 24.2 Å². The SMILES string of the molecule is CC(C)(Cc1cccc(CC(=O)NCC2CCCCCC2)c1)NC[C@@H](O)c1ccc(O)c(CO)c1. The lowest BCUT2D eigenvalue weighted by molar-refractivity contribution is -0.120. The predicted molar refractivity (Wildman–Crippen MR) is 139 cm³/mol. The molecule has 35 heavy (non-hydrogen) atoms. The number of carbonyl (C=O) groups excluding carboxylic acids is 1. The van der Waals surface area contributed by atoms with Crippen LogP contribution in [0.5, 0.6) is 5.75 Å². The first kappa shape index (κ1) is 27.2. The first-order valence-electron chi connectivity index (χ1n) is 13.0. The maximum atomic E-state index is 12.5. The molecular formula is C29H42N2O4. The van der Waals surface area contributed by atoms with Gasteiger partial charge in [0.2, 0.25) is 5.91 Å². The average molecular weight is 483 g/mol. The summed E-state index contributed by atoms with van der Waals surface area (Å²) >= 11 is 0. The van der Waals surface area contributed by atoms with Crippen LogP contribution in [0.4, 0.5) is 0 Å². The lowest BCUT2D eigenvalue weighted by Gasteiger charge is -2.28. The lowest BCUT2D eigenvalue weighted by Crippen LogP contribution is -2.43. The number of β-amino-alcohol motifs (C(OH)–C–C–N with tert-alkyl or cyclic N) is 1. The van der Waals surface area contributed by atoms with Gasteiger partial charge in [0.1, 0.15) is 5.75 Å². The van der Waals surface area contributed by atoms with Crippen molar-refractivity contribution in [2.24, 2.45) is 5.92 Å². The summed E-state index contributed by atoms with van der Waals surface area (Å²) in [4.78, 5) is 12.5. The quantitative estimate of drug-likeness (QED) is 0.310. The van der Waals surface area contributed by atoms with Gasteiger partial charge in [-0.1, -0.05) is 56.0 Å². The van der Waals surface area contributed by atoms with Crippen molar-refractivity contribution in [1.29, 1.82) is 0 Å². The Morgan fingerprint density at radius 2 is 1.77 bits per heavy atom. The molecule has 0 unspecified atom stereocenters. The summed E-state index contributed by atoms with van der Waals surface area (Å²) in [5.41, 5.74) is 2.91. The van der Waals surface area contributed by atoms with Crippen LogP contribution in [0.1, 0.15) is 80.7 Å². The van der Waals surface area contributed by atoms with Crippen molar-refractivity contribution in [3.8, 4) is 5.75 Å². The van der Waals surface area contributed by atoms with Gasteiger partial charge in [0.25, 0.3) is 0 Å².